The van der Waals surface area contributed by atoms with Gasteiger partial charge in [0.25, 0.3) is 10.0 Å². The van der Waals surface area contributed by atoms with Gasteiger partial charge in [0.15, 0.2) is 11.5 Å². The zero-order chi connectivity index (χ0) is 16.6. The number of ether oxygens (including phenoxy) is 2. The summed E-state index contributed by atoms with van der Waals surface area (Å²) in [6.45, 7) is 0. The Morgan fingerprint density at radius 3 is 2.30 bits per heavy atom. The van der Waals surface area contributed by atoms with Crippen LogP contribution in [0.25, 0.3) is 10.9 Å². The van der Waals surface area contributed by atoms with E-state index >= 15 is 0 Å². The summed E-state index contributed by atoms with van der Waals surface area (Å²) in [5.74, 6) is 0.433. The normalized spacial score (nSPS) is 11.6. The fraction of sp³-hybridized carbons (Fsp3) is 0.133. The van der Waals surface area contributed by atoms with Crippen molar-refractivity contribution in [3.8, 4) is 11.5 Å². The van der Waals surface area contributed by atoms with Gasteiger partial charge in [-0.05, 0) is 24.3 Å². The number of hydrogen-bond donors (Lipinski definition) is 0. The van der Waals surface area contributed by atoms with Crippen molar-refractivity contribution in [1.29, 1.82) is 0 Å². The summed E-state index contributed by atoms with van der Waals surface area (Å²) in [6, 6.07) is 10.6. The van der Waals surface area contributed by atoms with Gasteiger partial charge in [0.2, 0.25) is 0 Å². The van der Waals surface area contributed by atoms with Crippen LogP contribution in [0, 0.1) is 0 Å². The van der Waals surface area contributed by atoms with Crippen molar-refractivity contribution in [2.24, 2.45) is 0 Å². The Balaban J connectivity index is 2.35. The molecule has 8 heteroatoms. The van der Waals surface area contributed by atoms with E-state index in [2.05, 4.69) is 0 Å². The van der Waals surface area contributed by atoms with Crippen molar-refractivity contribution in [1.82, 2.24) is 4.15 Å². The van der Waals surface area contributed by atoms with Crippen molar-refractivity contribution in [2.45, 2.75) is 4.90 Å². The zero-order valence-electron chi connectivity index (χ0n) is 12.3. The third-order valence-electron chi connectivity index (χ3n) is 3.35. The molecule has 120 valence electrons. The molecule has 0 saturated heterocycles. The van der Waals surface area contributed by atoms with Gasteiger partial charge in [-0.15, -0.1) is 0 Å². The Kier molecular flexibility index (Phi) is 3.61. The van der Waals surface area contributed by atoms with E-state index in [9.17, 15) is 13.2 Å². The molecule has 3 rings (SSSR count). The minimum absolute atomic E-state index is 0.00589. The van der Waals surface area contributed by atoms with Gasteiger partial charge in [-0.1, -0.05) is 22.3 Å². The van der Waals surface area contributed by atoms with Gasteiger partial charge in [-0.3, -0.25) is 0 Å². The fourth-order valence-electron chi connectivity index (χ4n) is 2.30. The minimum atomic E-state index is -4.04. The SMILES string of the molecule is COc1ccc2c(c1OC)c(=O)on2S(=O)(=O)c1ccccc1. The topological polar surface area (TPSA) is 87.7 Å². The van der Waals surface area contributed by atoms with E-state index in [0.29, 0.717) is 9.89 Å². The molecule has 1 aromatic heterocycles. The Bertz CT molecular complexity index is 1020. The predicted octanol–water partition coefficient (Wildman–Crippen LogP) is 1.85. The summed E-state index contributed by atoms with van der Waals surface area (Å²) in [5.41, 5.74) is -0.744. The van der Waals surface area contributed by atoms with Crippen molar-refractivity contribution >= 4 is 20.9 Å². The van der Waals surface area contributed by atoms with Gasteiger partial charge < -0.3 is 14.0 Å². The van der Waals surface area contributed by atoms with Crippen molar-refractivity contribution < 1.29 is 22.4 Å². The molecular weight excluding hydrogens is 322 g/mol. The van der Waals surface area contributed by atoms with E-state index in [1.54, 1.807) is 18.2 Å². The number of aromatic nitrogens is 1. The Hall–Kier alpha value is -2.74. The Morgan fingerprint density at radius 2 is 1.70 bits per heavy atom. The molecule has 0 amide bonds. The number of methoxy groups -OCH3 is 2. The zero-order valence-corrected chi connectivity index (χ0v) is 13.2. The summed E-state index contributed by atoms with van der Waals surface area (Å²) >= 11 is 0. The minimum Gasteiger partial charge on any atom is -0.493 e. The summed E-state index contributed by atoms with van der Waals surface area (Å²) in [7, 11) is -1.26. The first-order chi connectivity index (χ1) is 11.0. The molecule has 0 radical (unpaired) electrons. The molecule has 0 N–H and O–H groups in total. The summed E-state index contributed by atoms with van der Waals surface area (Å²) in [6.07, 6.45) is 0. The van der Waals surface area contributed by atoms with Gasteiger partial charge in [-0.2, -0.15) is 8.42 Å². The Labute approximate surface area is 131 Å². The maximum absolute atomic E-state index is 12.7. The molecule has 0 unspecified atom stereocenters. The lowest BCUT2D eigenvalue weighted by molar-refractivity contribution is 0.348. The molecule has 7 nitrogen and oxygen atoms in total. The second-order valence-electron chi connectivity index (χ2n) is 4.62. The van der Waals surface area contributed by atoms with E-state index < -0.39 is 15.6 Å². The molecule has 3 aromatic rings. The molecule has 0 aliphatic rings. The number of hydrogen-bond acceptors (Lipinski definition) is 6. The summed E-state index contributed by atoms with van der Waals surface area (Å²) in [5, 5.41) is 0.00589. The first-order valence-corrected chi connectivity index (χ1v) is 8.02. The van der Waals surface area contributed by atoms with Gasteiger partial charge in [-0.25, -0.2) is 4.79 Å². The first kappa shape index (κ1) is 15.2. The van der Waals surface area contributed by atoms with Crippen LogP contribution in [0.15, 0.2) is 56.7 Å². The van der Waals surface area contributed by atoms with Gasteiger partial charge in [0, 0.05) is 0 Å². The maximum atomic E-state index is 12.7. The molecule has 0 atom stereocenters. The van der Waals surface area contributed by atoms with Crippen LogP contribution in [0.5, 0.6) is 11.5 Å². The summed E-state index contributed by atoms with van der Waals surface area (Å²) < 4.78 is 41.2. The molecular formula is C15H13NO6S. The average Bonchev–Trinajstić information content (AvgIpc) is 2.92. The highest BCUT2D eigenvalue weighted by molar-refractivity contribution is 7.90. The van der Waals surface area contributed by atoms with Crippen LogP contribution in [0.2, 0.25) is 0 Å². The van der Waals surface area contributed by atoms with E-state index in [1.165, 1.54) is 38.5 Å². The number of fused-ring (bicyclic) bond motifs is 1. The van der Waals surface area contributed by atoms with Crippen LogP contribution in [-0.4, -0.2) is 26.8 Å². The number of benzene rings is 2. The van der Waals surface area contributed by atoms with E-state index in [0.717, 1.165) is 0 Å². The smallest absolute Gasteiger partial charge is 0.370 e. The van der Waals surface area contributed by atoms with Crippen molar-refractivity contribution in [2.75, 3.05) is 14.2 Å². The second-order valence-corrected chi connectivity index (χ2v) is 6.37. The standard InChI is InChI=1S/C15H13NO6S/c1-20-12-9-8-11-13(14(12)21-2)15(17)22-16(11)23(18,19)10-6-4-3-5-7-10/h3-9H,1-2H3. The quantitative estimate of drug-likeness (QED) is 0.723. The van der Waals surface area contributed by atoms with E-state index in [-0.39, 0.29) is 21.5 Å². The highest BCUT2D eigenvalue weighted by Crippen LogP contribution is 2.34. The molecule has 0 aliphatic heterocycles. The third kappa shape index (κ3) is 2.27. The predicted molar refractivity (Wildman–Crippen MR) is 82.6 cm³/mol. The number of rotatable bonds is 4. The molecule has 0 saturated carbocycles. The lowest BCUT2D eigenvalue weighted by Crippen LogP contribution is -2.12. The molecule has 0 fully saturated rings. The maximum Gasteiger partial charge on any atom is 0.370 e. The molecule has 0 spiro atoms. The van der Waals surface area contributed by atoms with Gasteiger partial charge >= 0.3 is 5.63 Å². The lowest BCUT2D eigenvalue weighted by atomic mass is 10.2. The fourth-order valence-corrected chi connectivity index (χ4v) is 3.57. The molecule has 2 aromatic carbocycles. The number of nitrogens with zero attached hydrogens (tertiary/aromatic N) is 1. The highest BCUT2D eigenvalue weighted by atomic mass is 32.2. The molecule has 0 aliphatic carbocycles. The summed E-state index contributed by atoms with van der Waals surface area (Å²) in [4.78, 5) is 12.1. The van der Waals surface area contributed by atoms with E-state index in [4.69, 9.17) is 14.0 Å². The van der Waals surface area contributed by atoms with Crippen LogP contribution in [0.3, 0.4) is 0 Å². The first-order valence-electron chi connectivity index (χ1n) is 6.58. The van der Waals surface area contributed by atoms with Crippen LogP contribution in [-0.2, 0) is 10.0 Å². The second kappa shape index (κ2) is 5.47. The third-order valence-corrected chi connectivity index (χ3v) is 4.93. The van der Waals surface area contributed by atoms with Crippen molar-refractivity contribution in [3.05, 3.63) is 52.9 Å². The monoisotopic (exact) mass is 335 g/mol. The molecule has 0 bridgehead atoms. The van der Waals surface area contributed by atoms with Crippen LogP contribution >= 0.6 is 0 Å². The van der Waals surface area contributed by atoms with Crippen LogP contribution < -0.4 is 15.1 Å². The molecule has 23 heavy (non-hydrogen) atoms. The largest absolute Gasteiger partial charge is 0.493 e. The van der Waals surface area contributed by atoms with Crippen molar-refractivity contribution in [3.63, 3.8) is 0 Å². The van der Waals surface area contributed by atoms with E-state index in [1.807, 2.05) is 0 Å². The average molecular weight is 335 g/mol. The van der Waals surface area contributed by atoms with Crippen LogP contribution in [0.1, 0.15) is 0 Å². The molecule has 1 heterocycles. The van der Waals surface area contributed by atoms with Crippen LogP contribution in [0.4, 0.5) is 0 Å². The Morgan fingerprint density at radius 1 is 1.00 bits per heavy atom. The highest BCUT2D eigenvalue weighted by Gasteiger charge is 2.26. The van der Waals surface area contributed by atoms with Gasteiger partial charge in [0.05, 0.1) is 19.1 Å². The lowest BCUT2D eigenvalue weighted by Gasteiger charge is -2.08. The van der Waals surface area contributed by atoms with Gasteiger partial charge in [0.1, 0.15) is 10.9 Å².